The third kappa shape index (κ3) is 3.16. The van der Waals surface area contributed by atoms with E-state index in [-0.39, 0.29) is 5.91 Å². The fourth-order valence-corrected chi connectivity index (χ4v) is 1.97. The van der Waals surface area contributed by atoms with Gasteiger partial charge in [0, 0.05) is 5.69 Å². The van der Waals surface area contributed by atoms with Gasteiger partial charge >= 0.3 is 0 Å². The van der Waals surface area contributed by atoms with Gasteiger partial charge in [-0.15, -0.1) is 0 Å². The second kappa shape index (κ2) is 5.87. The second-order valence-electron chi connectivity index (χ2n) is 4.84. The van der Waals surface area contributed by atoms with Gasteiger partial charge < -0.3 is 5.32 Å². The monoisotopic (exact) mass is 291 g/mol. The van der Waals surface area contributed by atoms with Crippen LogP contribution in [-0.4, -0.2) is 16.1 Å². The molecule has 21 heavy (non-hydrogen) atoms. The van der Waals surface area contributed by atoms with Crippen molar-refractivity contribution in [2.24, 2.45) is 0 Å². The van der Waals surface area contributed by atoms with E-state index in [0.717, 1.165) is 12.1 Å². The predicted octanol–water partition coefficient (Wildman–Crippen LogP) is 3.04. The van der Waals surface area contributed by atoms with Crippen molar-refractivity contribution in [3.05, 3.63) is 65.0 Å². The fraction of sp³-hybridized carbons (Fsp3) is 0.200. The maximum atomic E-state index is 13.3. The summed E-state index contributed by atoms with van der Waals surface area (Å²) >= 11 is 0. The van der Waals surface area contributed by atoms with Gasteiger partial charge in [0.05, 0.1) is 17.8 Å². The van der Waals surface area contributed by atoms with Crippen LogP contribution < -0.4 is 5.32 Å². The van der Waals surface area contributed by atoms with Gasteiger partial charge in [-0.1, -0.05) is 18.2 Å². The summed E-state index contributed by atoms with van der Waals surface area (Å²) in [7, 11) is 0. The number of aromatic nitrogens is 2. The molecule has 6 heteroatoms. The largest absolute Gasteiger partial charge is 0.341 e. The summed E-state index contributed by atoms with van der Waals surface area (Å²) in [6, 6.07) is 2.88. The lowest BCUT2D eigenvalue weighted by Gasteiger charge is -2.19. The van der Waals surface area contributed by atoms with Crippen molar-refractivity contribution in [2.75, 3.05) is 0 Å². The first-order valence-electron chi connectivity index (χ1n) is 6.31. The number of nitrogens with zero attached hydrogens (tertiary/aromatic N) is 1. The summed E-state index contributed by atoms with van der Waals surface area (Å²) in [5, 5.41) is 9.18. The molecular weight excluding hydrogens is 276 g/mol. The molecule has 1 aromatic carbocycles. The van der Waals surface area contributed by atoms with Crippen molar-refractivity contribution >= 4 is 5.91 Å². The van der Waals surface area contributed by atoms with Gasteiger partial charge in [-0.3, -0.25) is 9.89 Å². The van der Waals surface area contributed by atoms with Crippen LogP contribution in [0.25, 0.3) is 0 Å². The van der Waals surface area contributed by atoms with Crippen molar-refractivity contribution in [1.29, 1.82) is 0 Å². The van der Waals surface area contributed by atoms with E-state index in [1.54, 1.807) is 13.8 Å². The maximum Gasteiger partial charge on any atom is 0.255 e. The molecule has 0 aliphatic carbocycles. The molecule has 0 saturated heterocycles. The zero-order valence-electron chi connectivity index (χ0n) is 11.7. The van der Waals surface area contributed by atoms with Gasteiger partial charge in [0.1, 0.15) is 0 Å². The van der Waals surface area contributed by atoms with E-state index in [2.05, 4.69) is 22.1 Å². The van der Waals surface area contributed by atoms with Gasteiger partial charge in [0.15, 0.2) is 11.6 Å². The molecule has 0 aliphatic heterocycles. The number of carbonyl (C=O) groups is 1. The maximum absolute atomic E-state index is 13.3. The lowest BCUT2D eigenvalue weighted by molar-refractivity contribution is 0.0941. The molecule has 0 bridgehead atoms. The summed E-state index contributed by atoms with van der Waals surface area (Å²) in [6.45, 7) is 7.21. The number of aromatic amines is 1. The van der Waals surface area contributed by atoms with E-state index in [4.69, 9.17) is 0 Å². The van der Waals surface area contributed by atoms with Crippen LogP contribution in [0.4, 0.5) is 8.78 Å². The van der Waals surface area contributed by atoms with Crippen molar-refractivity contribution in [3.63, 3.8) is 0 Å². The molecule has 1 atom stereocenters. The van der Waals surface area contributed by atoms with E-state index in [1.165, 1.54) is 12.3 Å². The Morgan fingerprint density at radius 1 is 1.38 bits per heavy atom. The van der Waals surface area contributed by atoms with Gasteiger partial charge in [0.2, 0.25) is 0 Å². The van der Waals surface area contributed by atoms with E-state index in [9.17, 15) is 13.6 Å². The Kier molecular flexibility index (Phi) is 4.16. The van der Waals surface area contributed by atoms with Gasteiger partial charge in [0.25, 0.3) is 5.91 Å². The molecule has 0 aliphatic rings. The molecular formula is C15H15F2N3O. The highest BCUT2D eigenvalue weighted by molar-refractivity contribution is 5.95. The van der Waals surface area contributed by atoms with Crippen LogP contribution in [0.15, 0.2) is 36.5 Å². The SMILES string of the molecule is C=C(C)[C@H](NC(=O)c1cn[nH]c1C)c1ccc(F)c(F)c1. The lowest BCUT2D eigenvalue weighted by atomic mass is 10.00. The molecule has 0 spiro atoms. The fourth-order valence-electron chi connectivity index (χ4n) is 1.97. The molecule has 1 heterocycles. The first-order valence-corrected chi connectivity index (χ1v) is 6.31. The smallest absolute Gasteiger partial charge is 0.255 e. The highest BCUT2D eigenvalue weighted by atomic mass is 19.2. The number of hydrogen-bond acceptors (Lipinski definition) is 2. The first-order chi connectivity index (χ1) is 9.90. The summed E-state index contributed by atoms with van der Waals surface area (Å²) < 4.78 is 26.4. The number of halogens is 2. The quantitative estimate of drug-likeness (QED) is 0.851. The van der Waals surface area contributed by atoms with Crippen molar-refractivity contribution in [1.82, 2.24) is 15.5 Å². The molecule has 2 rings (SSSR count). The second-order valence-corrected chi connectivity index (χ2v) is 4.84. The first kappa shape index (κ1) is 14.9. The summed E-state index contributed by atoms with van der Waals surface area (Å²) in [4.78, 5) is 12.2. The Labute approximate surface area is 120 Å². The zero-order valence-corrected chi connectivity index (χ0v) is 11.7. The summed E-state index contributed by atoms with van der Waals surface area (Å²) in [6.07, 6.45) is 1.41. The van der Waals surface area contributed by atoms with Crippen LogP contribution in [0.2, 0.25) is 0 Å². The van der Waals surface area contributed by atoms with Crippen molar-refractivity contribution in [3.8, 4) is 0 Å². The van der Waals surface area contributed by atoms with Gasteiger partial charge in [-0.2, -0.15) is 5.10 Å². The minimum Gasteiger partial charge on any atom is -0.341 e. The van der Waals surface area contributed by atoms with Crippen LogP contribution in [0, 0.1) is 18.6 Å². The van der Waals surface area contributed by atoms with E-state index in [1.807, 2.05) is 0 Å². The number of carbonyl (C=O) groups excluding carboxylic acids is 1. The van der Waals surface area contributed by atoms with Crippen LogP contribution in [0.5, 0.6) is 0 Å². The molecule has 0 radical (unpaired) electrons. The third-order valence-corrected chi connectivity index (χ3v) is 3.12. The number of amides is 1. The van der Waals surface area contributed by atoms with E-state index >= 15 is 0 Å². The molecule has 1 aromatic heterocycles. The molecule has 110 valence electrons. The van der Waals surface area contributed by atoms with Gasteiger partial charge in [-0.25, -0.2) is 8.78 Å². The van der Waals surface area contributed by atoms with Crippen LogP contribution in [0.3, 0.4) is 0 Å². The number of H-pyrrole nitrogens is 1. The number of rotatable bonds is 4. The van der Waals surface area contributed by atoms with Crippen molar-refractivity contribution in [2.45, 2.75) is 19.9 Å². The Morgan fingerprint density at radius 2 is 2.10 bits per heavy atom. The minimum absolute atomic E-state index is 0.362. The average molecular weight is 291 g/mol. The Balaban J connectivity index is 2.28. The topological polar surface area (TPSA) is 57.8 Å². The van der Waals surface area contributed by atoms with Crippen LogP contribution in [-0.2, 0) is 0 Å². The van der Waals surface area contributed by atoms with Crippen LogP contribution >= 0.6 is 0 Å². The highest BCUT2D eigenvalue weighted by Crippen LogP contribution is 2.22. The standard InChI is InChI=1S/C15H15F2N3O/c1-8(2)14(10-4-5-12(16)13(17)6-10)19-15(21)11-7-18-20-9(11)3/h4-7,14H,1H2,2-3H3,(H,18,20)(H,19,21)/t14-/m0/s1. The molecule has 0 unspecified atom stereocenters. The minimum atomic E-state index is -0.965. The molecule has 0 saturated carbocycles. The highest BCUT2D eigenvalue weighted by Gasteiger charge is 2.19. The molecule has 1 amide bonds. The Bertz CT molecular complexity index is 694. The zero-order chi connectivity index (χ0) is 15.6. The molecule has 2 N–H and O–H groups in total. The number of aryl methyl sites for hydroxylation is 1. The number of nitrogens with one attached hydrogen (secondary N) is 2. The molecule has 4 nitrogen and oxygen atoms in total. The van der Waals surface area contributed by atoms with E-state index < -0.39 is 17.7 Å². The normalized spacial score (nSPS) is 12.0. The molecule has 0 fully saturated rings. The lowest BCUT2D eigenvalue weighted by Crippen LogP contribution is -2.29. The summed E-state index contributed by atoms with van der Waals surface area (Å²) in [5.74, 6) is -2.26. The number of hydrogen-bond donors (Lipinski definition) is 2. The third-order valence-electron chi connectivity index (χ3n) is 3.12. The number of benzene rings is 1. The Hall–Kier alpha value is -2.50. The summed E-state index contributed by atoms with van der Waals surface area (Å²) in [5.41, 5.74) is 2.05. The molecule has 2 aromatic rings. The Morgan fingerprint density at radius 3 is 2.62 bits per heavy atom. The van der Waals surface area contributed by atoms with E-state index in [0.29, 0.717) is 22.4 Å². The predicted molar refractivity (Wildman–Crippen MR) is 74.7 cm³/mol. The van der Waals surface area contributed by atoms with Crippen LogP contribution in [0.1, 0.15) is 34.6 Å². The van der Waals surface area contributed by atoms with Gasteiger partial charge in [-0.05, 0) is 31.5 Å². The van der Waals surface area contributed by atoms with Crippen molar-refractivity contribution < 1.29 is 13.6 Å². The average Bonchev–Trinajstić information content (AvgIpc) is 2.85.